The van der Waals surface area contributed by atoms with Gasteiger partial charge in [0.1, 0.15) is 18.3 Å². The molecule has 1 aliphatic carbocycles. The van der Waals surface area contributed by atoms with E-state index in [0.717, 1.165) is 30.5 Å². The van der Waals surface area contributed by atoms with E-state index in [1.807, 2.05) is 24.3 Å². The number of aliphatic hydroxyl groups is 2. The molecule has 4 rings (SSSR count). The molecule has 0 aromatic heterocycles. The zero-order valence-corrected chi connectivity index (χ0v) is 14.5. The number of rotatable bonds is 5. The maximum atomic E-state index is 12.7. The van der Waals surface area contributed by atoms with Gasteiger partial charge in [-0.25, -0.2) is 0 Å². The summed E-state index contributed by atoms with van der Waals surface area (Å²) < 4.78 is 5.69. The number of nitrogens with one attached hydrogen (secondary N) is 1. The first kappa shape index (κ1) is 17.5. The van der Waals surface area contributed by atoms with Crippen LogP contribution in [-0.4, -0.2) is 59.5 Å². The fourth-order valence-electron chi connectivity index (χ4n) is 3.73. The molecule has 0 radical (unpaired) electrons. The van der Waals surface area contributed by atoms with Gasteiger partial charge in [0.25, 0.3) is 0 Å². The number of anilines is 1. The van der Waals surface area contributed by atoms with E-state index in [1.54, 1.807) is 4.90 Å². The van der Waals surface area contributed by atoms with Gasteiger partial charge in [0, 0.05) is 24.7 Å². The third-order valence-corrected chi connectivity index (χ3v) is 5.45. The highest BCUT2D eigenvalue weighted by molar-refractivity contribution is 5.95. The van der Waals surface area contributed by atoms with E-state index in [9.17, 15) is 19.8 Å². The minimum absolute atomic E-state index is 0.000365. The summed E-state index contributed by atoms with van der Waals surface area (Å²) in [7, 11) is 0. The predicted molar refractivity (Wildman–Crippen MR) is 93.5 cm³/mol. The molecular formula is C19H24N2O5. The monoisotopic (exact) mass is 360 g/mol. The maximum absolute atomic E-state index is 12.7. The quantitative estimate of drug-likeness (QED) is 0.686. The lowest BCUT2D eigenvalue weighted by Crippen LogP contribution is -2.40. The van der Waals surface area contributed by atoms with Crippen molar-refractivity contribution in [2.45, 2.75) is 50.1 Å². The fraction of sp³-hybridized carbons (Fsp3) is 0.579. The Morgan fingerprint density at radius 1 is 1.15 bits per heavy atom. The van der Waals surface area contributed by atoms with Crippen LogP contribution < -0.4 is 10.2 Å². The first-order valence-corrected chi connectivity index (χ1v) is 9.22. The molecule has 0 spiro atoms. The van der Waals surface area contributed by atoms with Crippen molar-refractivity contribution in [2.75, 3.05) is 18.0 Å². The molecule has 2 amide bonds. The minimum Gasteiger partial charge on any atom is -0.388 e. The van der Waals surface area contributed by atoms with Crippen molar-refractivity contribution in [3.05, 3.63) is 29.8 Å². The molecule has 2 aliphatic heterocycles. The minimum atomic E-state index is -1.14. The molecule has 140 valence electrons. The molecule has 26 heavy (non-hydrogen) atoms. The molecule has 2 heterocycles. The second-order valence-corrected chi connectivity index (χ2v) is 7.34. The Labute approximate surface area is 151 Å². The van der Waals surface area contributed by atoms with Crippen LogP contribution in [-0.2, 0) is 20.7 Å². The number of carbonyl (C=O) groups excluding carboxylic acids is 2. The Morgan fingerprint density at radius 2 is 1.88 bits per heavy atom. The zero-order chi connectivity index (χ0) is 18.3. The fourth-order valence-corrected chi connectivity index (χ4v) is 3.73. The van der Waals surface area contributed by atoms with Crippen LogP contribution in [0, 0.1) is 5.92 Å². The number of para-hydroxylation sites is 1. The first-order chi connectivity index (χ1) is 12.5. The lowest BCUT2D eigenvalue weighted by Gasteiger charge is -2.21. The summed E-state index contributed by atoms with van der Waals surface area (Å²) in [4.78, 5) is 26.1. The van der Waals surface area contributed by atoms with Crippen molar-refractivity contribution in [3.63, 3.8) is 0 Å². The largest absolute Gasteiger partial charge is 0.388 e. The van der Waals surface area contributed by atoms with Crippen LogP contribution in [0.5, 0.6) is 0 Å². The number of benzene rings is 1. The molecule has 1 aromatic rings. The molecule has 4 atom stereocenters. The average molecular weight is 360 g/mol. The summed E-state index contributed by atoms with van der Waals surface area (Å²) in [5.74, 6) is -0.0940. The Kier molecular flexibility index (Phi) is 4.69. The van der Waals surface area contributed by atoms with Gasteiger partial charge in [0.05, 0.1) is 12.5 Å². The van der Waals surface area contributed by atoms with Crippen molar-refractivity contribution >= 4 is 17.5 Å². The van der Waals surface area contributed by atoms with Gasteiger partial charge in [-0.3, -0.25) is 9.59 Å². The van der Waals surface area contributed by atoms with Gasteiger partial charge < -0.3 is 25.2 Å². The number of hydrogen-bond acceptors (Lipinski definition) is 5. The number of nitrogens with zero attached hydrogens (tertiary/aromatic N) is 1. The van der Waals surface area contributed by atoms with Crippen molar-refractivity contribution < 1.29 is 24.5 Å². The topological polar surface area (TPSA) is 99.1 Å². The molecule has 3 N–H and O–H groups in total. The third kappa shape index (κ3) is 3.34. The second-order valence-electron chi connectivity index (χ2n) is 7.34. The molecule has 2 fully saturated rings. The number of amides is 2. The molecule has 1 saturated carbocycles. The molecule has 3 aliphatic rings. The average Bonchev–Trinajstić information content (AvgIpc) is 3.35. The van der Waals surface area contributed by atoms with E-state index in [1.165, 1.54) is 0 Å². The van der Waals surface area contributed by atoms with Crippen LogP contribution in [0.3, 0.4) is 0 Å². The standard InChI is InChI=1S/C19H24N2O5/c22-16(21-8-7-11-3-1-2-4-13(11)21)9-14-17(23)18(24)15(26-14)10-20-19(25)12-5-6-12/h1-4,12,14-15,17-18,23-24H,5-10H2,(H,20,25)/t14-,15+,17-,18+/m0/s1. The van der Waals surface area contributed by atoms with E-state index in [-0.39, 0.29) is 30.7 Å². The van der Waals surface area contributed by atoms with Crippen LogP contribution in [0.15, 0.2) is 24.3 Å². The van der Waals surface area contributed by atoms with Crippen LogP contribution in [0.1, 0.15) is 24.8 Å². The van der Waals surface area contributed by atoms with E-state index in [4.69, 9.17) is 4.74 Å². The van der Waals surface area contributed by atoms with E-state index < -0.39 is 24.4 Å². The Balaban J connectivity index is 1.34. The molecule has 0 unspecified atom stereocenters. The molecule has 7 heteroatoms. The van der Waals surface area contributed by atoms with E-state index in [2.05, 4.69) is 5.32 Å². The van der Waals surface area contributed by atoms with Gasteiger partial charge in [0.2, 0.25) is 11.8 Å². The van der Waals surface area contributed by atoms with Crippen LogP contribution >= 0.6 is 0 Å². The van der Waals surface area contributed by atoms with E-state index in [0.29, 0.717) is 6.54 Å². The maximum Gasteiger partial charge on any atom is 0.229 e. The number of aliphatic hydroxyl groups excluding tert-OH is 2. The highest BCUT2D eigenvalue weighted by Crippen LogP contribution is 2.31. The van der Waals surface area contributed by atoms with E-state index >= 15 is 0 Å². The summed E-state index contributed by atoms with van der Waals surface area (Å²) in [5.41, 5.74) is 2.04. The second kappa shape index (κ2) is 6.98. The number of carbonyl (C=O) groups is 2. The van der Waals surface area contributed by atoms with Gasteiger partial charge >= 0.3 is 0 Å². The number of ether oxygens (including phenoxy) is 1. The van der Waals surface area contributed by atoms with Gasteiger partial charge in [-0.15, -0.1) is 0 Å². The Morgan fingerprint density at radius 3 is 2.65 bits per heavy atom. The highest BCUT2D eigenvalue weighted by atomic mass is 16.5. The van der Waals surface area contributed by atoms with Crippen LogP contribution in [0.2, 0.25) is 0 Å². The van der Waals surface area contributed by atoms with Gasteiger partial charge in [-0.05, 0) is 30.9 Å². The summed E-state index contributed by atoms with van der Waals surface area (Å²) in [5, 5.41) is 23.2. The molecule has 0 bridgehead atoms. The molecule has 7 nitrogen and oxygen atoms in total. The summed E-state index contributed by atoms with van der Waals surface area (Å²) in [6.45, 7) is 0.759. The Bertz CT molecular complexity index is 705. The van der Waals surface area contributed by atoms with Crippen LogP contribution in [0.25, 0.3) is 0 Å². The van der Waals surface area contributed by atoms with Crippen molar-refractivity contribution in [1.82, 2.24) is 5.32 Å². The number of hydrogen-bond donors (Lipinski definition) is 3. The normalized spacial score (nSPS) is 30.3. The van der Waals surface area contributed by atoms with Gasteiger partial charge in [-0.2, -0.15) is 0 Å². The van der Waals surface area contributed by atoms with Gasteiger partial charge in [-0.1, -0.05) is 18.2 Å². The summed E-state index contributed by atoms with van der Waals surface area (Å²) >= 11 is 0. The molecule has 1 aromatic carbocycles. The SMILES string of the molecule is O=C(NC[C@H]1O[C@@H](CC(=O)N2CCc3ccccc32)[C@H](O)[C@@H]1O)C1CC1. The van der Waals surface area contributed by atoms with Crippen molar-refractivity contribution in [3.8, 4) is 0 Å². The first-order valence-electron chi connectivity index (χ1n) is 9.22. The smallest absolute Gasteiger partial charge is 0.229 e. The Hall–Kier alpha value is -1.96. The molecular weight excluding hydrogens is 336 g/mol. The summed E-state index contributed by atoms with van der Waals surface area (Å²) in [6.07, 6.45) is -1.11. The van der Waals surface area contributed by atoms with Crippen LogP contribution in [0.4, 0.5) is 5.69 Å². The van der Waals surface area contributed by atoms with Gasteiger partial charge in [0.15, 0.2) is 0 Å². The lowest BCUT2D eigenvalue weighted by atomic mass is 10.0. The van der Waals surface area contributed by atoms with Crippen molar-refractivity contribution in [1.29, 1.82) is 0 Å². The predicted octanol–water partition coefficient (Wildman–Crippen LogP) is -0.0188. The van der Waals surface area contributed by atoms with Crippen molar-refractivity contribution in [2.24, 2.45) is 5.92 Å². The highest BCUT2D eigenvalue weighted by Gasteiger charge is 2.44. The zero-order valence-electron chi connectivity index (χ0n) is 14.5. The summed E-state index contributed by atoms with van der Waals surface area (Å²) in [6, 6.07) is 7.77. The number of fused-ring (bicyclic) bond motifs is 1. The lowest BCUT2D eigenvalue weighted by molar-refractivity contribution is -0.124. The molecule has 1 saturated heterocycles. The third-order valence-electron chi connectivity index (χ3n) is 5.45.